The summed E-state index contributed by atoms with van der Waals surface area (Å²) in [4.78, 5) is 0. The third-order valence-corrected chi connectivity index (χ3v) is 2.73. The minimum absolute atomic E-state index is 0.871. The van der Waals surface area contributed by atoms with Gasteiger partial charge in [0, 0.05) is 12.0 Å². The van der Waals surface area contributed by atoms with Gasteiger partial charge in [-0.1, -0.05) is 19.4 Å². The molecule has 2 rings (SSSR count). The van der Waals surface area contributed by atoms with Crippen LogP contribution in [0.5, 0.6) is 5.75 Å². The van der Waals surface area contributed by atoms with Crippen molar-refractivity contribution in [2.45, 2.75) is 33.1 Å². The second kappa shape index (κ2) is 3.41. The highest BCUT2D eigenvalue weighted by atomic mass is 16.5. The third kappa shape index (κ3) is 1.43. The highest BCUT2D eigenvalue weighted by molar-refractivity contribution is 5.46. The lowest BCUT2D eigenvalue weighted by Crippen LogP contribution is -1.94. The Hall–Kier alpha value is -0.980. The SMILES string of the molecule is CCCc1c(C)ccc2c1CCO2. The van der Waals surface area contributed by atoms with Crippen molar-refractivity contribution in [2.75, 3.05) is 6.61 Å². The Morgan fingerprint density at radius 3 is 3.00 bits per heavy atom. The Balaban J connectivity index is 2.45. The van der Waals surface area contributed by atoms with Gasteiger partial charge in [0.25, 0.3) is 0 Å². The largest absolute Gasteiger partial charge is 0.493 e. The summed E-state index contributed by atoms with van der Waals surface area (Å²) >= 11 is 0. The molecular weight excluding hydrogens is 160 g/mol. The topological polar surface area (TPSA) is 9.23 Å². The maximum Gasteiger partial charge on any atom is 0.122 e. The summed E-state index contributed by atoms with van der Waals surface area (Å²) in [6.07, 6.45) is 3.52. The lowest BCUT2D eigenvalue weighted by Gasteiger charge is -2.09. The molecule has 0 aromatic heterocycles. The average Bonchev–Trinajstić information content (AvgIpc) is 2.58. The van der Waals surface area contributed by atoms with Gasteiger partial charge >= 0.3 is 0 Å². The van der Waals surface area contributed by atoms with Gasteiger partial charge in [-0.3, -0.25) is 0 Å². The van der Waals surface area contributed by atoms with Crippen molar-refractivity contribution in [1.29, 1.82) is 0 Å². The zero-order valence-electron chi connectivity index (χ0n) is 8.39. The maximum atomic E-state index is 5.54. The van der Waals surface area contributed by atoms with Crippen LogP contribution in [0, 0.1) is 6.92 Å². The first-order valence-corrected chi connectivity index (χ1v) is 5.07. The minimum Gasteiger partial charge on any atom is -0.493 e. The molecular formula is C12H16O. The highest BCUT2D eigenvalue weighted by Crippen LogP contribution is 2.31. The van der Waals surface area contributed by atoms with Crippen LogP contribution < -0.4 is 4.74 Å². The van der Waals surface area contributed by atoms with Crippen molar-refractivity contribution in [3.8, 4) is 5.75 Å². The fourth-order valence-electron chi connectivity index (χ4n) is 2.06. The molecule has 0 atom stereocenters. The molecule has 1 aliphatic heterocycles. The van der Waals surface area contributed by atoms with Crippen LogP contribution in [0.1, 0.15) is 30.0 Å². The van der Waals surface area contributed by atoms with Gasteiger partial charge in [0.1, 0.15) is 5.75 Å². The fraction of sp³-hybridized carbons (Fsp3) is 0.500. The van der Waals surface area contributed by atoms with Gasteiger partial charge in [0.15, 0.2) is 0 Å². The predicted molar refractivity (Wildman–Crippen MR) is 54.4 cm³/mol. The number of aryl methyl sites for hydroxylation is 1. The number of fused-ring (bicyclic) bond motifs is 1. The van der Waals surface area contributed by atoms with E-state index in [1.165, 1.54) is 29.5 Å². The van der Waals surface area contributed by atoms with Gasteiger partial charge in [-0.05, 0) is 30.5 Å². The molecule has 70 valence electrons. The van der Waals surface area contributed by atoms with Gasteiger partial charge in [0.2, 0.25) is 0 Å². The summed E-state index contributed by atoms with van der Waals surface area (Å²) in [5.74, 6) is 1.12. The second-order valence-electron chi connectivity index (χ2n) is 3.69. The van der Waals surface area contributed by atoms with Gasteiger partial charge in [-0.25, -0.2) is 0 Å². The summed E-state index contributed by atoms with van der Waals surface area (Å²) in [6.45, 7) is 5.30. The van der Waals surface area contributed by atoms with Crippen molar-refractivity contribution in [3.05, 3.63) is 28.8 Å². The second-order valence-corrected chi connectivity index (χ2v) is 3.69. The molecule has 0 N–H and O–H groups in total. The molecule has 1 heterocycles. The normalized spacial score (nSPS) is 14.0. The Bertz CT molecular complexity index is 315. The molecule has 0 amide bonds. The van der Waals surface area contributed by atoms with Crippen molar-refractivity contribution in [2.24, 2.45) is 0 Å². The van der Waals surface area contributed by atoms with E-state index >= 15 is 0 Å². The van der Waals surface area contributed by atoms with Crippen molar-refractivity contribution in [3.63, 3.8) is 0 Å². The van der Waals surface area contributed by atoms with Crippen LogP contribution in [0.4, 0.5) is 0 Å². The van der Waals surface area contributed by atoms with Crippen molar-refractivity contribution < 1.29 is 4.74 Å². The van der Waals surface area contributed by atoms with E-state index in [1.807, 2.05) is 0 Å². The van der Waals surface area contributed by atoms with Crippen LogP contribution in [-0.2, 0) is 12.8 Å². The van der Waals surface area contributed by atoms with Gasteiger partial charge in [0.05, 0.1) is 6.61 Å². The molecule has 0 unspecified atom stereocenters. The van der Waals surface area contributed by atoms with Crippen molar-refractivity contribution >= 4 is 0 Å². The van der Waals surface area contributed by atoms with E-state index in [4.69, 9.17) is 4.74 Å². The summed E-state index contributed by atoms with van der Waals surface area (Å²) in [5, 5.41) is 0. The van der Waals surface area contributed by atoms with E-state index in [9.17, 15) is 0 Å². The van der Waals surface area contributed by atoms with Crippen LogP contribution in [-0.4, -0.2) is 6.61 Å². The predicted octanol–water partition coefficient (Wildman–Crippen LogP) is 2.88. The first-order chi connectivity index (χ1) is 6.33. The third-order valence-electron chi connectivity index (χ3n) is 2.73. The molecule has 1 nitrogen and oxygen atoms in total. The molecule has 0 spiro atoms. The first kappa shape index (κ1) is 8.61. The minimum atomic E-state index is 0.871. The molecule has 0 saturated carbocycles. The van der Waals surface area contributed by atoms with Crippen molar-refractivity contribution in [1.82, 2.24) is 0 Å². The molecule has 13 heavy (non-hydrogen) atoms. The first-order valence-electron chi connectivity index (χ1n) is 5.07. The van der Waals surface area contributed by atoms with Gasteiger partial charge < -0.3 is 4.74 Å². The zero-order valence-corrected chi connectivity index (χ0v) is 8.39. The Kier molecular flexibility index (Phi) is 2.26. The van der Waals surface area contributed by atoms with E-state index < -0.39 is 0 Å². The number of hydrogen-bond donors (Lipinski definition) is 0. The lowest BCUT2D eigenvalue weighted by molar-refractivity contribution is 0.357. The van der Waals surface area contributed by atoms with E-state index in [0.29, 0.717) is 0 Å². The molecule has 0 saturated heterocycles. The number of ether oxygens (including phenoxy) is 1. The Morgan fingerprint density at radius 2 is 2.23 bits per heavy atom. The smallest absolute Gasteiger partial charge is 0.122 e. The number of rotatable bonds is 2. The fourth-order valence-corrected chi connectivity index (χ4v) is 2.06. The summed E-state index contributed by atoms with van der Waals surface area (Å²) < 4.78 is 5.54. The van der Waals surface area contributed by atoms with E-state index in [-0.39, 0.29) is 0 Å². The molecule has 0 radical (unpaired) electrons. The molecule has 0 aliphatic carbocycles. The van der Waals surface area contributed by atoms with Crippen LogP contribution in [0.2, 0.25) is 0 Å². The molecule has 1 aromatic carbocycles. The number of hydrogen-bond acceptors (Lipinski definition) is 1. The summed E-state index contributed by atoms with van der Waals surface area (Å²) in [5.41, 5.74) is 4.41. The lowest BCUT2D eigenvalue weighted by atomic mass is 9.96. The van der Waals surface area contributed by atoms with Gasteiger partial charge in [-0.2, -0.15) is 0 Å². The zero-order chi connectivity index (χ0) is 9.26. The maximum absolute atomic E-state index is 5.54. The Morgan fingerprint density at radius 1 is 1.38 bits per heavy atom. The van der Waals surface area contributed by atoms with Crippen LogP contribution >= 0.6 is 0 Å². The standard InChI is InChI=1S/C12H16O/c1-3-4-10-9(2)5-6-12-11(10)7-8-13-12/h5-6H,3-4,7-8H2,1-2H3. The van der Waals surface area contributed by atoms with Gasteiger partial charge in [-0.15, -0.1) is 0 Å². The number of benzene rings is 1. The molecule has 0 fully saturated rings. The quantitative estimate of drug-likeness (QED) is 0.673. The summed E-state index contributed by atoms with van der Waals surface area (Å²) in [6, 6.07) is 4.28. The van der Waals surface area contributed by atoms with Crippen LogP contribution in [0.15, 0.2) is 12.1 Å². The van der Waals surface area contributed by atoms with Crippen LogP contribution in [0.3, 0.4) is 0 Å². The molecule has 0 bridgehead atoms. The van der Waals surface area contributed by atoms with E-state index in [2.05, 4.69) is 26.0 Å². The molecule has 1 aliphatic rings. The van der Waals surface area contributed by atoms with E-state index in [1.54, 1.807) is 0 Å². The Labute approximate surface area is 79.7 Å². The molecule has 1 heteroatoms. The van der Waals surface area contributed by atoms with E-state index in [0.717, 1.165) is 18.8 Å². The molecule has 1 aromatic rings. The highest BCUT2D eigenvalue weighted by Gasteiger charge is 2.16. The van der Waals surface area contributed by atoms with Crippen LogP contribution in [0.25, 0.3) is 0 Å². The summed E-state index contributed by atoms with van der Waals surface area (Å²) in [7, 11) is 0. The average molecular weight is 176 g/mol. The monoisotopic (exact) mass is 176 g/mol.